The van der Waals surface area contributed by atoms with Gasteiger partial charge in [-0.05, 0) is 93.8 Å². The van der Waals surface area contributed by atoms with E-state index >= 15 is 0 Å². The van der Waals surface area contributed by atoms with Gasteiger partial charge in [0.25, 0.3) is 5.91 Å². The third-order valence-corrected chi connectivity index (χ3v) is 16.9. The Kier molecular flexibility index (Phi) is 12.6. The van der Waals surface area contributed by atoms with Gasteiger partial charge in [-0.25, -0.2) is 13.2 Å². The van der Waals surface area contributed by atoms with Gasteiger partial charge in [-0.1, -0.05) is 66.2 Å². The maximum absolute atomic E-state index is 15.0. The molecule has 1 heterocycles. The Bertz CT molecular complexity index is 1600. The highest BCUT2D eigenvalue weighted by molar-refractivity contribution is 7.92. The van der Waals surface area contributed by atoms with Crippen LogP contribution in [-0.2, 0) is 29.0 Å². The normalized spacial score (nSPS) is 26.6. The molecule has 0 bridgehead atoms. The molecule has 54 heavy (non-hydrogen) atoms. The van der Waals surface area contributed by atoms with Crippen LogP contribution in [0.25, 0.3) is 0 Å². The lowest BCUT2D eigenvalue weighted by Crippen LogP contribution is -2.65. The number of likely N-dealkylation sites (tertiary alicyclic amines) is 1. The summed E-state index contributed by atoms with van der Waals surface area (Å²) in [5, 5.41) is 11.7. The Morgan fingerprint density at radius 3 is 2.11 bits per heavy atom. The molecule has 5 rings (SSSR count). The molecule has 302 valence electrons. The topological polar surface area (TPSA) is 171 Å². The monoisotopic (exact) mass is 771 g/mol. The maximum Gasteiger partial charge on any atom is 0.315 e. The van der Waals surface area contributed by atoms with Crippen LogP contribution in [0.3, 0.4) is 0 Å². The average Bonchev–Trinajstić information content (AvgIpc) is 3.99. The Hall–Kier alpha value is -3.14. The molecule has 5 aliphatic rings. The fourth-order valence-electron chi connectivity index (χ4n) is 9.44. The molecule has 5 amide bonds. The molecule has 1 aliphatic heterocycles. The van der Waals surface area contributed by atoms with Crippen molar-refractivity contribution in [2.24, 2.45) is 28.6 Å². The number of rotatable bonds is 16. The molecule has 0 aromatic rings. The summed E-state index contributed by atoms with van der Waals surface area (Å²) >= 11 is 0. The first-order chi connectivity index (χ1) is 25.3. The molecule has 1 saturated heterocycles. The first-order valence-corrected chi connectivity index (χ1v) is 22.1. The van der Waals surface area contributed by atoms with Crippen LogP contribution in [-0.4, -0.2) is 90.1 Å². The van der Waals surface area contributed by atoms with E-state index in [1.807, 2.05) is 13.8 Å². The van der Waals surface area contributed by atoms with Crippen molar-refractivity contribution in [2.75, 3.05) is 18.8 Å². The maximum atomic E-state index is 15.0. The Morgan fingerprint density at radius 2 is 1.54 bits per heavy atom. The number of nitrogens with zero attached hydrogens (tertiary/aromatic N) is 1. The quantitative estimate of drug-likeness (QED) is 0.133. The number of piperidine rings is 1. The number of nitrogens with one attached hydrogen (secondary N) is 4. The third-order valence-electron chi connectivity index (χ3n) is 14.0. The first-order valence-electron chi connectivity index (χ1n) is 20.5. The summed E-state index contributed by atoms with van der Waals surface area (Å²) in [6.45, 7) is 12.2. The van der Waals surface area contributed by atoms with Crippen LogP contribution in [0, 0.1) is 40.9 Å². The van der Waals surface area contributed by atoms with Crippen LogP contribution >= 0.6 is 0 Å². The molecule has 0 aromatic heterocycles. The minimum atomic E-state index is -3.59. The second-order valence-corrected chi connectivity index (χ2v) is 21.3. The lowest BCUT2D eigenvalue weighted by Gasteiger charge is -2.44. The molecule has 5 fully saturated rings. The molecular formula is C41H65N5O7S. The van der Waals surface area contributed by atoms with Crippen LogP contribution in [0.1, 0.15) is 138 Å². The highest BCUT2D eigenvalue weighted by Gasteiger charge is 2.70. The van der Waals surface area contributed by atoms with E-state index in [1.54, 1.807) is 18.7 Å². The van der Waals surface area contributed by atoms with Crippen molar-refractivity contribution in [1.82, 2.24) is 26.2 Å². The van der Waals surface area contributed by atoms with Gasteiger partial charge in [-0.2, -0.15) is 0 Å². The van der Waals surface area contributed by atoms with Crippen molar-refractivity contribution in [1.29, 1.82) is 0 Å². The van der Waals surface area contributed by atoms with E-state index in [9.17, 15) is 32.4 Å². The lowest BCUT2D eigenvalue weighted by atomic mass is 9.70. The van der Waals surface area contributed by atoms with Gasteiger partial charge in [0.15, 0.2) is 9.84 Å². The molecule has 4 N–H and O–H groups in total. The summed E-state index contributed by atoms with van der Waals surface area (Å²) in [7, 11) is -3.59. The predicted octanol–water partition coefficient (Wildman–Crippen LogP) is 4.41. The lowest BCUT2D eigenvalue weighted by molar-refractivity contribution is -0.146. The Morgan fingerprint density at radius 1 is 0.926 bits per heavy atom. The Labute approximate surface area is 323 Å². The van der Waals surface area contributed by atoms with Crippen LogP contribution in [0.4, 0.5) is 4.79 Å². The number of Topliss-reactive ketones (excluding diaryl/α,β-unsaturated/α-hetero) is 1. The summed E-state index contributed by atoms with van der Waals surface area (Å²) in [4.78, 5) is 71.2. The minimum absolute atomic E-state index is 0.0465. The molecule has 5 atom stereocenters. The standard InChI is InChI=1S/C41H65N5O7S/c1-8-10-17-29(32(47)35(49)42-24-27-18-19-27)43-34(48)31-30-28(39(30,5)6)25-46(31)36(50)33(40(7)20-13-11-14-21-40)44-37(51)45-41(22-15-12-16-23-41)26-54(52,53)38(3,4)9-2/h1,27-31,33H,9-26H2,2-7H3,(H,42,49)(H,43,48)(H2,44,45,51)/t28-,29?,30?,31-,33+/m0/s1. The zero-order valence-corrected chi connectivity index (χ0v) is 34.3. The first kappa shape index (κ1) is 42.0. The molecule has 0 spiro atoms. The second kappa shape index (κ2) is 16.1. The highest BCUT2D eigenvalue weighted by atomic mass is 32.2. The number of urea groups is 1. The number of fused-ring (bicyclic) bond motifs is 1. The number of ketones is 1. The van der Waals surface area contributed by atoms with Crippen LogP contribution < -0.4 is 21.3 Å². The molecule has 13 heteroatoms. The number of hydrogen-bond donors (Lipinski definition) is 4. The van der Waals surface area contributed by atoms with E-state index in [-0.39, 0.29) is 41.8 Å². The van der Waals surface area contributed by atoms with E-state index < -0.39 is 67.3 Å². The molecule has 2 unspecified atom stereocenters. The molecule has 0 radical (unpaired) electrons. The van der Waals surface area contributed by atoms with Crippen molar-refractivity contribution in [3.05, 3.63) is 0 Å². The van der Waals surface area contributed by atoms with Crippen molar-refractivity contribution >= 4 is 39.4 Å². The van der Waals surface area contributed by atoms with Gasteiger partial charge in [-0.15, -0.1) is 12.3 Å². The van der Waals surface area contributed by atoms with Gasteiger partial charge < -0.3 is 26.2 Å². The minimum Gasteiger partial charge on any atom is -0.349 e. The van der Waals surface area contributed by atoms with Gasteiger partial charge >= 0.3 is 6.03 Å². The van der Waals surface area contributed by atoms with E-state index in [2.05, 4.69) is 41.0 Å². The van der Waals surface area contributed by atoms with Crippen molar-refractivity contribution < 1.29 is 32.4 Å². The van der Waals surface area contributed by atoms with Crippen molar-refractivity contribution in [2.45, 2.75) is 166 Å². The molecular weight excluding hydrogens is 707 g/mol. The fraction of sp³-hybridized carbons (Fsp3) is 0.829. The number of hydrogen-bond acceptors (Lipinski definition) is 7. The average molecular weight is 772 g/mol. The van der Waals surface area contributed by atoms with Gasteiger partial charge in [0.05, 0.1) is 22.1 Å². The summed E-state index contributed by atoms with van der Waals surface area (Å²) in [5.74, 6) is 0.207. The zero-order chi connectivity index (χ0) is 39.7. The summed E-state index contributed by atoms with van der Waals surface area (Å²) in [6.07, 6.45) is 16.0. The second-order valence-electron chi connectivity index (χ2n) is 18.7. The number of amides is 5. The SMILES string of the molecule is C#CCCC(NC(=O)[C@@H]1C2[C@H](CN1C(=O)[C@@H](NC(=O)NC1(CS(=O)(=O)C(C)(C)CC)CCCCC1)C1(C)CCCCC1)C2(C)C)C(=O)C(=O)NCC1CC1. The summed E-state index contributed by atoms with van der Waals surface area (Å²) in [6, 6.07) is -3.58. The number of carbonyl (C=O) groups excluding carboxylic acids is 5. The predicted molar refractivity (Wildman–Crippen MR) is 208 cm³/mol. The van der Waals surface area contributed by atoms with Gasteiger partial charge in [0, 0.05) is 19.5 Å². The van der Waals surface area contributed by atoms with Gasteiger partial charge in [0.2, 0.25) is 17.6 Å². The Balaban J connectivity index is 1.39. The summed E-state index contributed by atoms with van der Waals surface area (Å²) < 4.78 is 26.4. The van der Waals surface area contributed by atoms with E-state index in [0.29, 0.717) is 51.1 Å². The molecule has 0 aromatic carbocycles. The number of terminal acetylenes is 1. The van der Waals surface area contributed by atoms with E-state index in [4.69, 9.17) is 6.42 Å². The molecule has 4 aliphatic carbocycles. The summed E-state index contributed by atoms with van der Waals surface area (Å²) in [5.41, 5.74) is -1.78. The van der Waals surface area contributed by atoms with Crippen LogP contribution in [0.5, 0.6) is 0 Å². The van der Waals surface area contributed by atoms with Crippen molar-refractivity contribution in [3.63, 3.8) is 0 Å². The van der Waals surface area contributed by atoms with Crippen LogP contribution in [0.2, 0.25) is 0 Å². The third kappa shape index (κ3) is 8.94. The number of sulfone groups is 1. The van der Waals surface area contributed by atoms with Crippen LogP contribution in [0.15, 0.2) is 0 Å². The molecule has 12 nitrogen and oxygen atoms in total. The molecule has 4 saturated carbocycles. The fourth-order valence-corrected chi connectivity index (χ4v) is 11.4. The smallest absolute Gasteiger partial charge is 0.315 e. The van der Waals surface area contributed by atoms with Gasteiger partial charge in [0.1, 0.15) is 12.1 Å². The van der Waals surface area contributed by atoms with E-state index in [0.717, 1.165) is 51.4 Å². The largest absolute Gasteiger partial charge is 0.349 e. The highest BCUT2D eigenvalue weighted by Crippen LogP contribution is 2.65. The number of carbonyl (C=O) groups is 5. The zero-order valence-electron chi connectivity index (χ0n) is 33.5. The van der Waals surface area contributed by atoms with Gasteiger partial charge in [-0.3, -0.25) is 19.2 Å². The van der Waals surface area contributed by atoms with Crippen molar-refractivity contribution in [3.8, 4) is 12.3 Å². The van der Waals surface area contributed by atoms with E-state index in [1.165, 1.54) is 0 Å².